The van der Waals surface area contributed by atoms with Gasteiger partial charge in [0.2, 0.25) is 5.91 Å². The number of carbonyl (C=O) groups excluding carboxylic acids is 2. The molecule has 0 aromatic carbocycles. The van der Waals surface area contributed by atoms with E-state index in [0.717, 1.165) is 16.3 Å². The Bertz CT molecular complexity index is 602. The highest BCUT2D eigenvalue weighted by atomic mass is 32.2. The van der Waals surface area contributed by atoms with E-state index in [2.05, 4.69) is 5.32 Å². The first-order valence-electron chi connectivity index (χ1n) is 6.98. The third kappa shape index (κ3) is 3.32. The van der Waals surface area contributed by atoms with Crippen LogP contribution in [0.25, 0.3) is 5.70 Å². The van der Waals surface area contributed by atoms with Gasteiger partial charge in [-0.1, -0.05) is 0 Å². The van der Waals surface area contributed by atoms with Crippen molar-refractivity contribution in [1.29, 1.82) is 0 Å². The van der Waals surface area contributed by atoms with Crippen molar-refractivity contribution in [2.24, 2.45) is 0 Å². The van der Waals surface area contributed by atoms with Gasteiger partial charge in [0.15, 0.2) is 0 Å². The van der Waals surface area contributed by atoms with Crippen LogP contribution in [0.4, 0.5) is 0 Å². The van der Waals surface area contributed by atoms with Crippen molar-refractivity contribution < 1.29 is 14.3 Å². The standard InChI is InChI=1S/C15H20N2O3S/c1-5-16-12(18)6-11-8-21-14-13(10(4)7-17(11)14)15(19)20-9(2)3/h6-7,9H,5,8H2,1-4H3,(H,16,18)/b11-6-. The number of carbonyl (C=O) groups is 2. The largest absolute Gasteiger partial charge is 0.459 e. The summed E-state index contributed by atoms with van der Waals surface area (Å²) in [6.45, 7) is 8.02. The highest BCUT2D eigenvalue weighted by molar-refractivity contribution is 8.00. The fourth-order valence-corrected chi connectivity index (χ4v) is 3.39. The van der Waals surface area contributed by atoms with E-state index in [1.165, 1.54) is 0 Å². The second kappa shape index (κ2) is 6.39. The summed E-state index contributed by atoms with van der Waals surface area (Å²) in [5.74, 6) is 0.260. The van der Waals surface area contributed by atoms with Crippen molar-refractivity contribution >= 4 is 29.3 Å². The van der Waals surface area contributed by atoms with Gasteiger partial charge in [-0.2, -0.15) is 0 Å². The highest BCUT2D eigenvalue weighted by Gasteiger charge is 2.28. The number of hydrogen-bond donors (Lipinski definition) is 1. The molecule has 0 aliphatic carbocycles. The number of ether oxygens (including phenoxy) is 1. The lowest BCUT2D eigenvalue weighted by atomic mass is 10.2. The van der Waals surface area contributed by atoms with Gasteiger partial charge in [-0.3, -0.25) is 4.79 Å². The van der Waals surface area contributed by atoms with Gasteiger partial charge in [0.1, 0.15) is 0 Å². The number of aryl methyl sites for hydroxylation is 1. The Morgan fingerprint density at radius 3 is 2.86 bits per heavy atom. The fourth-order valence-electron chi connectivity index (χ4n) is 2.18. The summed E-state index contributed by atoms with van der Waals surface area (Å²) in [6.07, 6.45) is 3.32. The predicted molar refractivity (Wildman–Crippen MR) is 83.4 cm³/mol. The molecule has 1 amide bonds. The molecule has 0 bridgehead atoms. The minimum atomic E-state index is -0.303. The second-order valence-corrected chi connectivity index (χ2v) is 6.10. The van der Waals surface area contributed by atoms with Crippen molar-refractivity contribution in [2.75, 3.05) is 12.3 Å². The van der Waals surface area contributed by atoms with Crippen LogP contribution >= 0.6 is 11.8 Å². The number of esters is 1. The van der Waals surface area contributed by atoms with Gasteiger partial charge in [0.25, 0.3) is 0 Å². The van der Waals surface area contributed by atoms with Crippen molar-refractivity contribution in [2.45, 2.75) is 38.8 Å². The van der Waals surface area contributed by atoms with Crippen LogP contribution in [0.15, 0.2) is 17.3 Å². The van der Waals surface area contributed by atoms with Gasteiger partial charge in [0.05, 0.1) is 16.7 Å². The first-order chi connectivity index (χ1) is 9.93. The van der Waals surface area contributed by atoms with E-state index in [1.54, 1.807) is 17.8 Å². The maximum Gasteiger partial charge on any atom is 0.341 e. The number of amides is 1. The van der Waals surface area contributed by atoms with Crippen LogP contribution in [-0.4, -0.2) is 34.8 Å². The number of aromatic nitrogens is 1. The first-order valence-corrected chi connectivity index (χ1v) is 7.97. The quantitative estimate of drug-likeness (QED) is 0.685. The topological polar surface area (TPSA) is 60.3 Å². The molecule has 21 heavy (non-hydrogen) atoms. The SMILES string of the molecule is CCNC(=O)/C=C1/CSc2c(C(=O)OC(C)C)c(C)cn21. The van der Waals surface area contributed by atoms with Crippen LogP contribution in [0.2, 0.25) is 0 Å². The zero-order chi connectivity index (χ0) is 15.6. The van der Waals surface area contributed by atoms with Gasteiger partial charge in [0, 0.05) is 30.3 Å². The van der Waals surface area contributed by atoms with Crippen LogP contribution in [0.1, 0.15) is 36.7 Å². The maximum atomic E-state index is 12.2. The summed E-state index contributed by atoms with van der Waals surface area (Å²) < 4.78 is 7.20. The number of rotatable bonds is 4. The number of fused-ring (bicyclic) bond motifs is 1. The van der Waals surface area contributed by atoms with Gasteiger partial charge in [-0.15, -0.1) is 11.8 Å². The number of hydrogen-bond acceptors (Lipinski definition) is 4. The van der Waals surface area contributed by atoms with Crippen molar-refractivity contribution in [1.82, 2.24) is 9.88 Å². The molecule has 6 heteroatoms. The lowest BCUT2D eigenvalue weighted by Crippen LogP contribution is -2.20. The minimum Gasteiger partial charge on any atom is -0.459 e. The zero-order valence-corrected chi connectivity index (χ0v) is 13.5. The van der Waals surface area contributed by atoms with Gasteiger partial charge < -0.3 is 14.6 Å². The Morgan fingerprint density at radius 1 is 1.52 bits per heavy atom. The molecule has 1 aromatic heterocycles. The lowest BCUT2D eigenvalue weighted by molar-refractivity contribution is -0.116. The molecule has 0 saturated carbocycles. The summed E-state index contributed by atoms with van der Waals surface area (Å²) >= 11 is 1.55. The van der Waals surface area contributed by atoms with Crippen LogP contribution in [-0.2, 0) is 9.53 Å². The molecule has 0 unspecified atom stereocenters. The van der Waals surface area contributed by atoms with Gasteiger partial charge >= 0.3 is 5.97 Å². The monoisotopic (exact) mass is 308 g/mol. The molecule has 0 saturated heterocycles. The summed E-state index contributed by atoms with van der Waals surface area (Å²) in [5, 5.41) is 3.60. The van der Waals surface area contributed by atoms with Gasteiger partial charge in [-0.05, 0) is 33.3 Å². The van der Waals surface area contributed by atoms with Crippen LogP contribution < -0.4 is 5.32 Å². The molecule has 2 heterocycles. The number of likely N-dealkylation sites (N-methyl/N-ethyl adjacent to an activating group) is 1. The highest BCUT2D eigenvalue weighted by Crippen LogP contribution is 2.38. The average Bonchev–Trinajstić information content (AvgIpc) is 2.88. The molecule has 2 rings (SSSR count). The summed E-state index contributed by atoms with van der Waals surface area (Å²) in [4.78, 5) is 23.9. The lowest BCUT2D eigenvalue weighted by Gasteiger charge is -2.08. The molecule has 1 aliphatic heterocycles. The molecular formula is C15H20N2O3S. The van der Waals surface area contributed by atoms with Crippen LogP contribution in [0, 0.1) is 6.92 Å². The Labute approximate surface area is 128 Å². The van der Waals surface area contributed by atoms with Gasteiger partial charge in [-0.25, -0.2) is 4.79 Å². The van der Waals surface area contributed by atoms with Crippen molar-refractivity contribution in [3.8, 4) is 0 Å². The van der Waals surface area contributed by atoms with Crippen molar-refractivity contribution in [3.63, 3.8) is 0 Å². The number of nitrogens with one attached hydrogen (secondary N) is 1. The second-order valence-electron chi connectivity index (χ2n) is 5.14. The molecule has 0 atom stereocenters. The maximum absolute atomic E-state index is 12.2. The Hall–Kier alpha value is -1.69. The van der Waals surface area contributed by atoms with Crippen LogP contribution in [0.3, 0.4) is 0 Å². The summed E-state index contributed by atoms with van der Waals surface area (Å²) in [5.41, 5.74) is 2.35. The predicted octanol–water partition coefficient (Wildman–Crippen LogP) is 2.44. The molecule has 1 aliphatic rings. The Balaban J connectivity index is 2.31. The van der Waals surface area contributed by atoms with E-state index in [-0.39, 0.29) is 18.0 Å². The van der Waals surface area contributed by atoms with Crippen LogP contribution in [0.5, 0.6) is 0 Å². The Morgan fingerprint density at radius 2 is 2.24 bits per heavy atom. The summed E-state index contributed by atoms with van der Waals surface area (Å²) in [6, 6.07) is 0. The smallest absolute Gasteiger partial charge is 0.341 e. The van der Waals surface area contributed by atoms with E-state index in [4.69, 9.17) is 4.74 Å². The number of nitrogens with zero attached hydrogens (tertiary/aromatic N) is 1. The Kier molecular flexibility index (Phi) is 4.77. The molecule has 0 fully saturated rings. The molecule has 0 radical (unpaired) electrons. The molecular weight excluding hydrogens is 288 g/mol. The summed E-state index contributed by atoms with van der Waals surface area (Å²) in [7, 11) is 0. The third-order valence-electron chi connectivity index (χ3n) is 3.01. The number of thioether (sulfide) groups is 1. The van der Waals surface area contributed by atoms with Crippen molar-refractivity contribution in [3.05, 3.63) is 23.4 Å². The van der Waals surface area contributed by atoms with E-state index in [9.17, 15) is 9.59 Å². The normalized spacial score (nSPS) is 15.4. The molecule has 0 spiro atoms. The van der Waals surface area contributed by atoms with E-state index < -0.39 is 0 Å². The molecule has 1 aromatic rings. The van der Waals surface area contributed by atoms with E-state index in [1.807, 2.05) is 38.5 Å². The minimum absolute atomic E-state index is 0.112. The zero-order valence-electron chi connectivity index (χ0n) is 12.7. The van der Waals surface area contributed by atoms with E-state index in [0.29, 0.717) is 17.9 Å². The third-order valence-corrected chi connectivity index (χ3v) is 4.13. The molecule has 5 nitrogen and oxygen atoms in total. The molecule has 1 N–H and O–H groups in total. The first kappa shape index (κ1) is 15.7. The fraction of sp³-hybridized carbons (Fsp3) is 0.467. The van der Waals surface area contributed by atoms with E-state index >= 15 is 0 Å². The average molecular weight is 308 g/mol. The molecule has 114 valence electrons.